The lowest BCUT2D eigenvalue weighted by atomic mass is 10.1. The number of hydrazone groups is 1. The number of nitrogens with one attached hydrogen (secondary N) is 1. The fraction of sp³-hybridized carbons (Fsp3) is 0.286. The van der Waals surface area contributed by atoms with Crippen molar-refractivity contribution in [3.05, 3.63) is 65.5 Å². The first kappa shape index (κ1) is 21.1. The molecule has 0 aromatic heterocycles. The number of likely N-dealkylation sites (N-methyl/N-ethyl adjacent to an activating group) is 1. The Hall–Kier alpha value is -3.22. The minimum absolute atomic E-state index is 0.0210. The van der Waals surface area contributed by atoms with E-state index < -0.39 is 11.7 Å². The van der Waals surface area contributed by atoms with E-state index in [4.69, 9.17) is 4.74 Å². The number of amides is 2. The molecule has 7 heteroatoms. The van der Waals surface area contributed by atoms with Gasteiger partial charge in [-0.25, -0.2) is 9.82 Å². The Morgan fingerprint density at radius 1 is 1.07 bits per heavy atom. The van der Waals surface area contributed by atoms with Crippen molar-refractivity contribution in [2.24, 2.45) is 5.10 Å². The maximum absolute atomic E-state index is 13.6. The van der Waals surface area contributed by atoms with E-state index in [0.29, 0.717) is 24.6 Å². The van der Waals surface area contributed by atoms with Gasteiger partial charge in [0.15, 0.2) is 6.61 Å². The largest absolute Gasteiger partial charge is 0.484 e. The van der Waals surface area contributed by atoms with Crippen molar-refractivity contribution in [3.8, 4) is 5.75 Å². The minimum atomic E-state index is -0.618. The van der Waals surface area contributed by atoms with Crippen LogP contribution >= 0.6 is 0 Å². The molecule has 0 aliphatic carbocycles. The minimum Gasteiger partial charge on any atom is -0.484 e. The third kappa shape index (κ3) is 5.64. The zero-order valence-electron chi connectivity index (χ0n) is 16.2. The standard InChI is InChI=1S/C21H24FN3O3/c1-4-25(5-2)20(26)14-28-17-12-10-16(11-13-17)15(3)23-24-21(27)18-8-6-7-9-19(18)22/h6-13H,4-5,14H2,1-3H3,(H,24,27)/b23-15-. The number of carbonyl (C=O) groups excluding carboxylic acids is 2. The van der Waals surface area contributed by atoms with Gasteiger partial charge >= 0.3 is 0 Å². The molecule has 0 saturated carbocycles. The fourth-order valence-electron chi connectivity index (χ4n) is 2.51. The predicted octanol–water partition coefficient (Wildman–Crippen LogP) is 3.23. The summed E-state index contributed by atoms with van der Waals surface area (Å²) in [6.07, 6.45) is 0. The van der Waals surface area contributed by atoms with Gasteiger partial charge in [-0.15, -0.1) is 0 Å². The van der Waals surface area contributed by atoms with E-state index in [1.165, 1.54) is 18.2 Å². The number of nitrogens with zero attached hydrogens (tertiary/aromatic N) is 2. The molecule has 0 heterocycles. The summed E-state index contributed by atoms with van der Waals surface area (Å²) in [5, 5.41) is 4.01. The molecule has 28 heavy (non-hydrogen) atoms. The van der Waals surface area contributed by atoms with Crippen molar-refractivity contribution in [1.29, 1.82) is 0 Å². The summed E-state index contributed by atoms with van der Waals surface area (Å²) < 4.78 is 19.1. The van der Waals surface area contributed by atoms with Crippen LogP contribution in [0.15, 0.2) is 53.6 Å². The topological polar surface area (TPSA) is 71.0 Å². The number of halogens is 1. The first-order valence-corrected chi connectivity index (χ1v) is 9.06. The van der Waals surface area contributed by atoms with Gasteiger partial charge in [-0.2, -0.15) is 5.10 Å². The number of rotatable bonds is 8. The van der Waals surface area contributed by atoms with Gasteiger partial charge in [-0.1, -0.05) is 12.1 Å². The van der Waals surface area contributed by atoms with Crippen molar-refractivity contribution < 1.29 is 18.7 Å². The van der Waals surface area contributed by atoms with Crippen molar-refractivity contribution >= 4 is 17.5 Å². The fourth-order valence-corrected chi connectivity index (χ4v) is 2.51. The molecule has 2 rings (SSSR count). The average Bonchev–Trinajstić information content (AvgIpc) is 2.72. The summed E-state index contributed by atoms with van der Waals surface area (Å²) in [6, 6.07) is 12.7. The summed E-state index contributed by atoms with van der Waals surface area (Å²) in [7, 11) is 0. The van der Waals surface area contributed by atoms with Gasteiger partial charge < -0.3 is 9.64 Å². The Bertz CT molecular complexity index is 846. The van der Waals surface area contributed by atoms with Crippen molar-refractivity contribution in [1.82, 2.24) is 10.3 Å². The number of benzene rings is 2. The van der Waals surface area contributed by atoms with Crippen molar-refractivity contribution in [2.75, 3.05) is 19.7 Å². The molecule has 2 aromatic carbocycles. The third-order valence-corrected chi connectivity index (χ3v) is 4.19. The molecule has 148 valence electrons. The zero-order valence-corrected chi connectivity index (χ0v) is 16.2. The Labute approximate surface area is 164 Å². The number of hydrogen-bond donors (Lipinski definition) is 1. The summed E-state index contributed by atoms with van der Waals surface area (Å²) in [4.78, 5) is 25.7. The van der Waals surface area contributed by atoms with Crippen molar-refractivity contribution in [3.63, 3.8) is 0 Å². The van der Waals surface area contributed by atoms with Gasteiger partial charge in [0.2, 0.25) is 0 Å². The van der Waals surface area contributed by atoms with Crippen LogP contribution in [0.5, 0.6) is 5.75 Å². The molecule has 2 amide bonds. The maximum atomic E-state index is 13.6. The Balaban J connectivity index is 1.95. The van der Waals surface area contributed by atoms with Crippen LogP contribution in [0.1, 0.15) is 36.7 Å². The lowest BCUT2D eigenvalue weighted by molar-refractivity contribution is -0.132. The van der Waals surface area contributed by atoms with Crippen LogP contribution in [-0.2, 0) is 4.79 Å². The molecule has 1 N–H and O–H groups in total. The lowest BCUT2D eigenvalue weighted by Crippen LogP contribution is -2.34. The van der Waals surface area contributed by atoms with Gasteiger partial charge in [0, 0.05) is 13.1 Å². The molecule has 0 spiro atoms. The van der Waals surface area contributed by atoms with Crippen LogP contribution in [0.4, 0.5) is 4.39 Å². The SMILES string of the molecule is CCN(CC)C(=O)COc1ccc(/C(C)=N\NC(=O)c2ccccc2F)cc1. The molecule has 0 radical (unpaired) electrons. The van der Waals surface area contributed by atoms with E-state index >= 15 is 0 Å². The van der Waals surface area contributed by atoms with Crippen LogP contribution in [-0.4, -0.2) is 42.1 Å². The summed E-state index contributed by atoms with van der Waals surface area (Å²) in [6.45, 7) is 6.83. The number of carbonyl (C=O) groups is 2. The van der Waals surface area contributed by atoms with E-state index in [-0.39, 0.29) is 18.1 Å². The van der Waals surface area contributed by atoms with Crippen LogP contribution < -0.4 is 10.2 Å². The molecule has 0 unspecified atom stereocenters. The molecule has 0 fully saturated rings. The van der Waals surface area contributed by atoms with Crippen molar-refractivity contribution in [2.45, 2.75) is 20.8 Å². The Kier molecular flexibility index (Phi) is 7.68. The maximum Gasteiger partial charge on any atom is 0.274 e. The summed E-state index contributed by atoms with van der Waals surface area (Å²) in [5.74, 6) is -0.726. The van der Waals surface area contributed by atoms with E-state index in [1.54, 1.807) is 42.2 Å². The monoisotopic (exact) mass is 385 g/mol. The second-order valence-corrected chi connectivity index (χ2v) is 6.00. The first-order valence-electron chi connectivity index (χ1n) is 9.06. The van der Waals surface area contributed by atoms with E-state index in [9.17, 15) is 14.0 Å². The summed E-state index contributed by atoms with van der Waals surface area (Å²) >= 11 is 0. The highest BCUT2D eigenvalue weighted by atomic mass is 19.1. The first-order chi connectivity index (χ1) is 13.5. The third-order valence-electron chi connectivity index (χ3n) is 4.19. The predicted molar refractivity (Wildman–Crippen MR) is 106 cm³/mol. The Morgan fingerprint density at radius 3 is 2.32 bits per heavy atom. The number of ether oxygens (including phenoxy) is 1. The van der Waals surface area contributed by atoms with E-state index in [2.05, 4.69) is 10.5 Å². The van der Waals surface area contributed by atoms with Gasteiger partial charge in [0.25, 0.3) is 11.8 Å². The highest BCUT2D eigenvalue weighted by Crippen LogP contribution is 2.13. The molecular formula is C21H24FN3O3. The molecular weight excluding hydrogens is 361 g/mol. The van der Waals surface area contributed by atoms with E-state index in [1.807, 2.05) is 13.8 Å². The number of hydrogen-bond acceptors (Lipinski definition) is 4. The van der Waals surface area contributed by atoms with Crippen LogP contribution in [0, 0.1) is 5.82 Å². The van der Waals surface area contributed by atoms with Gasteiger partial charge in [0.1, 0.15) is 11.6 Å². The van der Waals surface area contributed by atoms with Gasteiger partial charge in [-0.05, 0) is 62.7 Å². The molecule has 0 aliphatic heterocycles. The molecule has 0 atom stereocenters. The van der Waals surface area contributed by atoms with Crippen LogP contribution in [0.2, 0.25) is 0 Å². The normalized spacial score (nSPS) is 11.1. The summed E-state index contributed by atoms with van der Waals surface area (Å²) in [5.41, 5.74) is 3.59. The smallest absolute Gasteiger partial charge is 0.274 e. The van der Waals surface area contributed by atoms with Gasteiger partial charge in [0.05, 0.1) is 11.3 Å². The molecule has 6 nitrogen and oxygen atoms in total. The quantitative estimate of drug-likeness (QED) is 0.560. The molecule has 0 aliphatic rings. The second kappa shape index (κ2) is 10.2. The molecule has 2 aromatic rings. The highest BCUT2D eigenvalue weighted by molar-refractivity contribution is 6.01. The lowest BCUT2D eigenvalue weighted by Gasteiger charge is -2.18. The van der Waals surface area contributed by atoms with Gasteiger partial charge in [-0.3, -0.25) is 9.59 Å². The van der Waals surface area contributed by atoms with Crippen LogP contribution in [0.25, 0.3) is 0 Å². The Morgan fingerprint density at radius 2 is 1.71 bits per heavy atom. The average molecular weight is 385 g/mol. The zero-order chi connectivity index (χ0) is 20.5. The highest BCUT2D eigenvalue weighted by Gasteiger charge is 2.11. The van der Waals surface area contributed by atoms with E-state index in [0.717, 1.165) is 5.56 Å². The van der Waals surface area contributed by atoms with Crippen LogP contribution in [0.3, 0.4) is 0 Å². The second-order valence-electron chi connectivity index (χ2n) is 6.00. The molecule has 0 bridgehead atoms. The molecule has 0 saturated heterocycles.